The van der Waals surface area contributed by atoms with Gasteiger partial charge in [-0.25, -0.2) is 10.9 Å². The Balaban J connectivity index is 1.74. The van der Waals surface area contributed by atoms with E-state index in [-0.39, 0.29) is 34.1 Å². The molecule has 0 atom stereocenters. The number of methoxy groups -OCH3 is 2. The lowest BCUT2D eigenvalue weighted by atomic mass is 10.1. The van der Waals surface area contributed by atoms with Gasteiger partial charge in [0.05, 0.1) is 31.6 Å². The summed E-state index contributed by atoms with van der Waals surface area (Å²) in [6.45, 7) is 0. The molecule has 3 aromatic rings. The number of amides is 2. The molecule has 0 aliphatic heterocycles. The van der Waals surface area contributed by atoms with Gasteiger partial charge in [-0.3, -0.25) is 19.7 Å². The number of non-ortho nitro benzene ring substituents is 1. The van der Waals surface area contributed by atoms with Crippen LogP contribution >= 0.6 is 0 Å². The Bertz CT molecular complexity index is 1310. The van der Waals surface area contributed by atoms with Crippen LogP contribution in [0.15, 0.2) is 64.8 Å². The van der Waals surface area contributed by atoms with Gasteiger partial charge in [-0.15, -0.1) is 0 Å². The summed E-state index contributed by atoms with van der Waals surface area (Å²) < 4.78 is 9.99. The number of hydrogen-bond donors (Lipinski definition) is 4. The van der Waals surface area contributed by atoms with Crippen molar-refractivity contribution in [3.63, 3.8) is 0 Å². The second-order valence-corrected chi connectivity index (χ2v) is 7.29. The molecule has 3 aromatic carbocycles. The number of aromatic hydroxyl groups is 2. The first-order valence-electron chi connectivity index (χ1n) is 10.4. The number of nitro groups is 1. The van der Waals surface area contributed by atoms with Crippen molar-refractivity contribution < 1.29 is 34.2 Å². The fourth-order valence-electron chi connectivity index (χ4n) is 2.99. The summed E-state index contributed by atoms with van der Waals surface area (Å²) in [7, 11) is 2.76. The lowest BCUT2D eigenvalue weighted by Gasteiger charge is -2.05. The smallest absolute Gasteiger partial charge is 0.271 e. The molecule has 0 heterocycles. The maximum absolute atomic E-state index is 12.5. The van der Waals surface area contributed by atoms with E-state index in [0.717, 1.165) is 18.2 Å². The lowest BCUT2D eigenvalue weighted by Crippen LogP contribution is -2.21. The summed E-state index contributed by atoms with van der Waals surface area (Å²) in [5, 5.41) is 38.2. The molecule has 0 fully saturated rings. The van der Waals surface area contributed by atoms with E-state index in [1.807, 2.05) is 0 Å². The van der Waals surface area contributed by atoms with Crippen LogP contribution in [0.25, 0.3) is 0 Å². The monoisotopic (exact) mass is 507 g/mol. The van der Waals surface area contributed by atoms with Gasteiger partial charge in [0.1, 0.15) is 0 Å². The van der Waals surface area contributed by atoms with Crippen LogP contribution in [0.4, 0.5) is 5.69 Å². The molecule has 0 saturated carbocycles. The summed E-state index contributed by atoms with van der Waals surface area (Å²) in [5.41, 5.74) is 4.58. The molecule has 0 bridgehead atoms. The minimum Gasteiger partial charge on any atom is -0.504 e. The van der Waals surface area contributed by atoms with Crippen molar-refractivity contribution in [1.82, 2.24) is 10.9 Å². The van der Waals surface area contributed by atoms with Gasteiger partial charge in [0.25, 0.3) is 17.5 Å². The van der Waals surface area contributed by atoms with Gasteiger partial charge < -0.3 is 19.7 Å². The molecule has 2 amide bonds. The molecule has 0 aromatic heterocycles. The number of ether oxygens (including phenoxy) is 2. The summed E-state index contributed by atoms with van der Waals surface area (Å²) >= 11 is 0. The van der Waals surface area contributed by atoms with E-state index in [4.69, 9.17) is 9.47 Å². The minimum atomic E-state index is -0.806. The highest BCUT2D eigenvalue weighted by molar-refractivity contribution is 6.01. The van der Waals surface area contributed by atoms with Crippen LogP contribution in [0.5, 0.6) is 23.0 Å². The molecule has 0 radical (unpaired) electrons. The molecule has 0 aliphatic carbocycles. The van der Waals surface area contributed by atoms with Gasteiger partial charge in [-0.05, 0) is 53.6 Å². The number of hydrazone groups is 2. The Morgan fingerprint density at radius 3 is 1.62 bits per heavy atom. The third-order valence-corrected chi connectivity index (χ3v) is 4.82. The average Bonchev–Trinajstić information content (AvgIpc) is 2.90. The van der Waals surface area contributed by atoms with Crippen molar-refractivity contribution in [1.29, 1.82) is 0 Å². The lowest BCUT2D eigenvalue weighted by molar-refractivity contribution is -0.384. The zero-order valence-corrected chi connectivity index (χ0v) is 19.5. The van der Waals surface area contributed by atoms with E-state index in [2.05, 4.69) is 21.1 Å². The maximum atomic E-state index is 12.5. The third kappa shape index (κ3) is 6.79. The fraction of sp³-hybridized carbons (Fsp3) is 0.0833. The molecular weight excluding hydrogens is 486 g/mol. The molecule has 4 N–H and O–H groups in total. The van der Waals surface area contributed by atoms with Crippen molar-refractivity contribution in [2.45, 2.75) is 0 Å². The zero-order valence-electron chi connectivity index (χ0n) is 19.5. The number of nitrogens with zero attached hydrogens (tertiary/aromatic N) is 3. The molecule has 37 heavy (non-hydrogen) atoms. The normalized spacial score (nSPS) is 10.9. The van der Waals surface area contributed by atoms with Crippen molar-refractivity contribution in [2.75, 3.05) is 14.2 Å². The Labute approximate surface area is 209 Å². The fourth-order valence-corrected chi connectivity index (χ4v) is 2.99. The van der Waals surface area contributed by atoms with E-state index >= 15 is 0 Å². The number of phenolic OH excluding ortho intramolecular Hbond substituents is 2. The number of rotatable bonds is 9. The van der Waals surface area contributed by atoms with Gasteiger partial charge in [0.2, 0.25) is 0 Å². The summed E-state index contributed by atoms with van der Waals surface area (Å²) in [6.07, 6.45) is 2.55. The first-order chi connectivity index (χ1) is 17.7. The predicted octanol–water partition coefficient (Wildman–Crippen LogP) is 2.55. The van der Waals surface area contributed by atoms with E-state index in [1.165, 1.54) is 63.0 Å². The summed E-state index contributed by atoms with van der Waals surface area (Å²) in [5.74, 6) is -1.34. The molecule has 13 heteroatoms. The molecular formula is C24H21N5O8. The van der Waals surface area contributed by atoms with Crippen LogP contribution in [0.2, 0.25) is 0 Å². The third-order valence-electron chi connectivity index (χ3n) is 4.82. The highest BCUT2D eigenvalue weighted by Crippen LogP contribution is 2.26. The maximum Gasteiger partial charge on any atom is 0.271 e. The van der Waals surface area contributed by atoms with Crippen LogP contribution < -0.4 is 20.3 Å². The number of nitro benzene ring substituents is 1. The number of carbonyl (C=O) groups is 2. The van der Waals surface area contributed by atoms with Gasteiger partial charge in [0.15, 0.2) is 23.0 Å². The van der Waals surface area contributed by atoms with Crippen molar-refractivity contribution >= 4 is 29.9 Å². The molecule has 190 valence electrons. The Kier molecular flexibility index (Phi) is 8.33. The molecule has 3 rings (SSSR count). The largest absolute Gasteiger partial charge is 0.504 e. The topological polar surface area (TPSA) is 185 Å². The molecule has 0 saturated heterocycles. The average molecular weight is 507 g/mol. The molecule has 0 spiro atoms. The number of nitrogens with one attached hydrogen (secondary N) is 2. The Hall–Kier alpha value is -5.46. The first kappa shape index (κ1) is 26.2. The molecule has 0 aliphatic rings. The zero-order chi connectivity index (χ0) is 26.9. The van der Waals surface area contributed by atoms with E-state index in [9.17, 15) is 29.9 Å². The van der Waals surface area contributed by atoms with E-state index < -0.39 is 22.4 Å². The van der Waals surface area contributed by atoms with Crippen LogP contribution in [0, 0.1) is 10.1 Å². The minimum absolute atomic E-state index is 0.0711. The first-order valence-corrected chi connectivity index (χ1v) is 10.4. The number of hydrogen-bond acceptors (Lipinski definition) is 10. The van der Waals surface area contributed by atoms with Crippen LogP contribution in [-0.4, -0.2) is 53.6 Å². The van der Waals surface area contributed by atoms with Crippen molar-refractivity contribution in [3.8, 4) is 23.0 Å². The molecule has 0 unspecified atom stereocenters. The molecule has 13 nitrogen and oxygen atoms in total. The van der Waals surface area contributed by atoms with Crippen LogP contribution in [0.3, 0.4) is 0 Å². The standard InChI is InChI=1S/C24H21N5O8/c1-36-21-7-14(3-5-19(21)30)12-25-27-23(32)16-9-17(11-18(10-16)29(34)35)24(33)28-26-13-15-4-6-20(31)22(8-15)37-2/h3-13,30-31H,1-2H3,(H,27,32)(H,28,33). The second kappa shape index (κ2) is 11.8. The quantitative estimate of drug-likeness (QED) is 0.193. The second-order valence-electron chi connectivity index (χ2n) is 7.29. The number of phenols is 2. The Morgan fingerprint density at radius 2 is 1.24 bits per heavy atom. The van der Waals surface area contributed by atoms with E-state index in [0.29, 0.717) is 11.1 Å². The summed E-state index contributed by atoms with van der Waals surface area (Å²) in [6, 6.07) is 11.9. The SMILES string of the molecule is COc1cc(C=NNC(=O)c2cc(C(=O)NN=Cc3ccc(O)c(OC)c3)cc([N+](=O)[O-])c2)ccc1O. The number of benzene rings is 3. The van der Waals surface area contributed by atoms with Gasteiger partial charge in [-0.1, -0.05) is 0 Å². The highest BCUT2D eigenvalue weighted by Gasteiger charge is 2.18. The highest BCUT2D eigenvalue weighted by atomic mass is 16.6. The van der Waals surface area contributed by atoms with E-state index in [1.54, 1.807) is 0 Å². The number of carbonyl (C=O) groups excluding carboxylic acids is 2. The van der Waals surface area contributed by atoms with Gasteiger partial charge in [0, 0.05) is 23.3 Å². The van der Waals surface area contributed by atoms with Crippen LogP contribution in [0.1, 0.15) is 31.8 Å². The van der Waals surface area contributed by atoms with Gasteiger partial charge >= 0.3 is 0 Å². The predicted molar refractivity (Wildman–Crippen MR) is 133 cm³/mol. The van der Waals surface area contributed by atoms with Gasteiger partial charge in [-0.2, -0.15) is 10.2 Å². The van der Waals surface area contributed by atoms with Crippen molar-refractivity contribution in [2.24, 2.45) is 10.2 Å². The van der Waals surface area contributed by atoms with Crippen molar-refractivity contribution in [3.05, 3.63) is 87.0 Å². The van der Waals surface area contributed by atoms with Crippen LogP contribution in [-0.2, 0) is 0 Å². The summed E-state index contributed by atoms with van der Waals surface area (Å²) in [4.78, 5) is 35.7. The Morgan fingerprint density at radius 1 is 0.811 bits per heavy atom.